The molecule has 0 spiro atoms. The number of hydrogen-bond acceptors (Lipinski definition) is 2. The molecule has 1 saturated heterocycles. The lowest BCUT2D eigenvalue weighted by Gasteiger charge is -2.33. The molecular formula is C34H37NO2. The SMILES string of the molecule is CCCCCCc1ccc(C2=CC3CCC(C2)N3C(=O)OCC2c3ccccc3-c3ccccc32)cc1. The predicted octanol–water partition coefficient (Wildman–Crippen LogP) is 8.38. The van der Waals surface area contributed by atoms with Gasteiger partial charge in [0.05, 0.1) is 6.04 Å². The van der Waals surface area contributed by atoms with E-state index in [0.717, 1.165) is 19.3 Å². The van der Waals surface area contributed by atoms with Gasteiger partial charge in [0.25, 0.3) is 0 Å². The van der Waals surface area contributed by atoms with Gasteiger partial charge in [0.2, 0.25) is 0 Å². The summed E-state index contributed by atoms with van der Waals surface area (Å²) in [6.07, 6.45) is 11.5. The molecule has 1 amide bonds. The van der Waals surface area contributed by atoms with E-state index in [4.69, 9.17) is 4.74 Å². The highest BCUT2D eigenvalue weighted by Crippen LogP contribution is 2.45. The average molecular weight is 492 g/mol. The minimum Gasteiger partial charge on any atom is -0.448 e. The standard InChI is InChI=1S/C34H37NO2/c1-2-3-4-5-10-24-15-17-25(18-16-24)26-21-27-19-20-28(22-26)35(27)34(36)37-23-33-31-13-8-6-11-29(31)30-12-7-9-14-32(30)33/h6-9,11-18,21,27-28,33H,2-5,10,19-20,22-23H2,1H3. The van der Waals surface area contributed by atoms with Gasteiger partial charge in [-0.25, -0.2) is 4.79 Å². The second-order valence-corrected chi connectivity index (χ2v) is 10.9. The second kappa shape index (κ2) is 10.6. The Kier molecular flexibility index (Phi) is 6.87. The van der Waals surface area contributed by atoms with Crippen molar-refractivity contribution in [1.29, 1.82) is 0 Å². The van der Waals surface area contributed by atoms with Crippen molar-refractivity contribution in [2.75, 3.05) is 6.61 Å². The highest BCUT2D eigenvalue weighted by atomic mass is 16.6. The van der Waals surface area contributed by atoms with Crippen molar-refractivity contribution in [1.82, 2.24) is 4.90 Å². The molecule has 3 aliphatic rings. The predicted molar refractivity (Wildman–Crippen MR) is 151 cm³/mol. The first-order valence-electron chi connectivity index (χ1n) is 14.2. The molecule has 37 heavy (non-hydrogen) atoms. The molecule has 1 aliphatic carbocycles. The first-order chi connectivity index (χ1) is 18.2. The Bertz CT molecular complexity index is 1250. The molecule has 190 valence electrons. The topological polar surface area (TPSA) is 29.5 Å². The van der Waals surface area contributed by atoms with E-state index in [1.54, 1.807) is 0 Å². The lowest BCUT2D eigenvalue weighted by molar-refractivity contribution is 0.0866. The van der Waals surface area contributed by atoms with Gasteiger partial charge in [-0.3, -0.25) is 4.90 Å². The maximum absolute atomic E-state index is 13.3. The fourth-order valence-corrected chi connectivity index (χ4v) is 6.64. The van der Waals surface area contributed by atoms with Crippen molar-refractivity contribution >= 4 is 11.7 Å². The number of benzene rings is 3. The summed E-state index contributed by atoms with van der Waals surface area (Å²) in [6, 6.07) is 26.5. The van der Waals surface area contributed by atoms with Gasteiger partial charge in [0.1, 0.15) is 6.61 Å². The Morgan fingerprint density at radius 1 is 0.865 bits per heavy atom. The van der Waals surface area contributed by atoms with E-state index >= 15 is 0 Å². The summed E-state index contributed by atoms with van der Waals surface area (Å²) in [5.41, 5.74) is 9.16. The summed E-state index contributed by atoms with van der Waals surface area (Å²) in [7, 11) is 0. The van der Waals surface area contributed by atoms with Gasteiger partial charge in [-0.2, -0.15) is 0 Å². The van der Waals surface area contributed by atoms with Crippen LogP contribution in [0.3, 0.4) is 0 Å². The van der Waals surface area contributed by atoms with Crippen molar-refractivity contribution in [3.63, 3.8) is 0 Å². The Labute approximate surface area is 221 Å². The molecule has 0 radical (unpaired) electrons. The first-order valence-corrected chi connectivity index (χ1v) is 14.2. The molecule has 3 aromatic rings. The van der Waals surface area contributed by atoms with Crippen LogP contribution in [-0.4, -0.2) is 29.7 Å². The Morgan fingerprint density at radius 2 is 1.57 bits per heavy atom. The van der Waals surface area contributed by atoms with Crippen LogP contribution < -0.4 is 0 Å². The molecule has 0 saturated carbocycles. The van der Waals surface area contributed by atoms with E-state index in [2.05, 4.69) is 85.8 Å². The number of fused-ring (bicyclic) bond motifs is 5. The van der Waals surface area contributed by atoms with E-state index in [1.807, 2.05) is 4.90 Å². The summed E-state index contributed by atoms with van der Waals surface area (Å²) in [5.74, 6) is 0.102. The number of amides is 1. The monoisotopic (exact) mass is 491 g/mol. The Balaban J connectivity index is 1.11. The van der Waals surface area contributed by atoms with Gasteiger partial charge in [-0.05, 0) is 71.1 Å². The number of carbonyl (C=O) groups excluding carboxylic acids is 1. The number of nitrogens with zero attached hydrogens (tertiary/aromatic N) is 1. The minimum absolute atomic E-state index is 0.102. The lowest BCUT2D eigenvalue weighted by Crippen LogP contribution is -2.43. The van der Waals surface area contributed by atoms with Gasteiger partial charge in [-0.1, -0.05) is 105 Å². The van der Waals surface area contributed by atoms with Crippen LogP contribution >= 0.6 is 0 Å². The quantitative estimate of drug-likeness (QED) is 0.296. The minimum atomic E-state index is -0.160. The summed E-state index contributed by atoms with van der Waals surface area (Å²) in [4.78, 5) is 15.4. The summed E-state index contributed by atoms with van der Waals surface area (Å²) in [6.45, 7) is 2.65. The number of ether oxygens (including phenoxy) is 1. The number of aryl methyl sites for hydroxylation is 1. The zero-order chi connectivity index (χ0) is 25.2. The fourth-order valence-electron chi connectivity index (χ4n) is 6.64. The van der Waals surface area contributed by atoms with Gasteiger partial charge in [0.15, 0.2) is 0 Å². The molecule has 6 rings (SSSR count). The molecule has 3 nitrogen and oxygen atoms in total. The third-order valence-electron chi connectivity index (χ3n) is 8.59. The number of hydrogen-bond donors (Lipinski definition) is 0. The summed E-state index contributed by atoms with van der Waals surface area (Å²) in [5, 5.41) is 0. The van der Waals surface area contributed by atoms with Crippen LogP contribution in [0.2, 0.25) is 0 Å². The van der Waals surface area contributed by atoms with E-state index in [-0.39, 0.29) is 24.1 Å². The van der Waals surface area contributed by atoms with Gasteiger partial charge in [0, 0.05) is 12.0 Å². The first kappa shape index (κ1) is 24.0. The lowest BCUT2D eigenvalue weighted by atomic mass is 9.93. The molecule has 1 fully saturated rings. The smallest absolute Gasteiger partial charge is 0.410 e. The zero-order valence-corrected chi connectivity index (χ0v) is 21.9. The molecule has 2 aliphatic heterocycles. The van der Waals surface area contributed by atoms with E-state index < -0.39 is 0 Å². The zero-order valence-electron chi connectivity index (χ0n) is 21.9. The molecule has 3 aromatic carbocycles. The van der Waals surface area contributed by atoms with Crippen molar-refractivity contribution in [3.05, 3.63) is 101 Å². The maximum Gasteiger partial charge on any atom is 0.410 e. The van der Waals surface area contributed by atoms with Gasteiger partial charge >= 0.3 is 6.09 Å². The Hall–Kier alpha value is -3.33. The molecule has 2 bridgehead atoms. The molecule has 3 heteroatoms. The number of rotatable bonds is 8. The second-order valence-electron chi connectivity index (χ2n) is 10.9. The molecule has 2 atom stereocenters. The van der Waals surface area contributed by atoms with Crippen molar-refractivity contribution in [3.8, 4) is 11.1 Å². The van der Waals surface area contributed by atoms with E-state index in [0.29, 0.717) is 6.61 Å². The van der Waals surface area contributed by atoms with Crippen LogP contribution in [0.5, 0.6) is 0 Å². The van der Waals surface area contributed by atoms with Gasteiger partial charge in [-0.15, -0.1) is 0 Å². The summed E-state index contributed by atoms with van der Waals surface area (Å²) >= 11 is 0. The average Bonchev–Trinajstić information content (AvgIpc) is 3.40. The highest BCUT2D eigenvalue weighted by molar-refractivity contribution is 5.79. The van der Waals surface area contributed by atoms with Crippen LogP contribution in [-0.2, 0) is 11.2 Å². The summed E-state index contributed by atoms with van der Waals surface area (Å²) < 4.78 is 6.03. The third-order valence-corrected chi connectivity index (χ3v) is 8.59. The highest BCUT2D eigenvalue weighted by Gasteiger charge is 2.41. The number of unbranched alkanes of at least 4 members (excludes halogenated alkanes) is 3. The van der Waals surface area contributed by atoms with Crippen LogP contribution in [0.15, 0.2) is 78.9 Å². The molecule has 0 N–H and O–H groups in total. The molecule has 0 aromatic heterocycles. The van der Waals surface area contributed by atoms with Crippen LogP contribution in [0.4, 0.5) is 4.79 Å². The Morgan fingerprint density at radius 3 is 2.24 bits per heavy atom. The maximum atomic E-state index is 13.3. The van der Waals surface area contributed by atoms with Gasteiger partial charge < -0.3 is 4.74 Å². The van der Waals surface area contributed by atoms with E-state index in [9.17, 15) is 4.79 Å². The third kappa shape index (κ3) is 4.72. The van der Waals surface area contributed by atoms with Crippen molar-refractivity contribution < 1.29 is 9.53 Å². The van der Waals surface area contributed by atoms with Crippen LogP contribution in [0.1, 0.15) is 80.0 Å². The van der Waals surface area contributed by atoms with Crippen LogP contribution in [0, 0.1) is 0 Å². The number of carbonyl (C=O) groups is 1. The largest absolute Gasteiger partial charge is 0.448 e. The van der Waals surface area contributed by atoms with Crippen LogP contribution in [0.25, 0.3) is 16.7 Å². The molecular weight excluding hydrogens is 454 g/mol. The van der Waals surface area contributed by atoms with E-state index in [1.165, 1.54) is 71.1 Å². The fraction of sp³-hybridized carbons (Fsp3) is 0.382. The normalized spacial score (nSPS) is 19.9. The van der Waals surface area contributed by atoms with Crippen molar-refractivity contribution in [2.45, 2.75) is 76.3 Å². The van der Waals surface area contributed by atoms with Crippen molar-refractivity contribution in [2.24, 2.45) is 0 Å². The molecule has 2 unspecified atom stereocenters. The molecule has 2 heterocycles.